The number of hydrogen-bond donors (Lipinski definition) is 2. The number of nitrogens with two attached hydrogens (primary N) is 1. The highest BCUT2D eigenvalue weighted by atomic mass is 16.4. The Balaban J connectivity index is 3.02. The van der Waals surface area contributed by atoms with Crippen molar-refractivity contribution in [3.05, 3.63) is 34.9 Å². The molecule has 0 heterocycles. The van der Waals surface area contributed by atoms with Crippen LogP contribution in [0.1, 0.15) is 33.9 Å². The zero-order valence-electron chi connectivity index (χ0n) is 8.43. The third-order valence-corrected chi connectivity index (χ3v) is 2.16. The normalized spacial score (nSPS) is 12.1. The van der Waals surface area contributed by atoms with E-state index in [0.29, 0.717) is 17.4 Å². The maximum Gasteiger partial charge on any atom is 0.305 e. The van der Waals surface area contributed by atoms with Gasteiger partial charge in [-0.3, -0.25) is 9.59 Å². The molecule has 4 heteroatoms. The largest absolute Gasteiger partial charge is 0.481 e. The molecule has 0 spiro atoms. The van der Waals surface area contributed by atoms with Crippen molar-refractivity contribution < 1.29 is 14.7 Å². The Morgan fingerprint density at radius 3 is 2.80 bits per heavy atom. The van der Waals surface area contributed by atoms with Gasteiger partial charge >= 0.3 is 5.97 Å². The summed E-state index contributed by atoms with van der Waals surface area (Å²) in [4.78, 5) is 21.2. The molecule has 3 N–H and O–H groups in total. The number of aliphatic carboxylic acids is 1. The van der Waals surface area contributed by atoms with E-state index in [9.17, 15) is 9.59 Å². The quantitative estimate of drug-likeness (QED) is 0.729. The van der Waals surface area contributed by atoms with E-state index < -0.39 is 12.0 Å². The molecule has 1 unspecified atom stereocenters. The predicted octanol–water partition coefficient (Wildman–Crippen LogP) is 1.28. The van der Waals surface area contributed by atoms with Gasteiger partial charge in [0, 0.05) is 11.6 Å². The van der Waals surface area contributed by atoms with Crippen molar-refractivity contribution in [1.82, 2.24) is 0 Å². The van der Waals surface area contributed by atoms with Crippen molar-refractivity contribution in [3.8, 4) is 0 Å². The fourth-order valence-corrected chi connectivity index (χ4v) is 1.43. The third kappa shape index (κ3) is 2.89. The minimum absolute atomic E-state index is 0.177. The number of carbonyl (C=O) groups excluding carboxylic acids is 1. The van der Waals surface area contributed by atoms with Crippen LogP contribution in [0.25, 0.3) is 0 Å². The zero-order valence-corrected chi connectivity index (χ0v) is 8.43. The van der Waals surface area contributed by atoms with E-state index in [1.165, 1.54) is 0 Å². The molecule has 0 aliphatic heterocycles. The summed E-state index contributed by atoms with van der Waals surface area (Å²) in [6, 6.07) is 4.57. The zero-order chi connectivity index (χ0) is 11.4. The molecule has 0 radical (unpaired) electrons. The van der Waals surface area contributed by atoms with Crippen molar-refractivity contribution in [2.24, 2.45) is 5.73 Å². The summed E-state index contributed by atoms with van der Waals surface area (Å²) < 4.78 is 0. The van der Waals surface area contributed by atoms with Gasteiger partial charge in [-0.2, -0.15) is 0 Å². The molecule has 0 aliphatic carbocycles. The summed E-state index contributed by atoms with van der Waals surface area (Å²) in [5.41, 5.74) is 7.67. The Bertz CT molecular complexity index is 387. The maximum absolute atomic E-state index is 10.8. The van der Waals surface area contributed by atoms with Crippen molar-refractivity contribution in [3.63, 3.8) is 0 Å². The van der Waals surface area contributed by atoms with E-state index in [0.717, 1.165) is 5.56 Å². The first-order chi connectivity index (χ1) is 7.04. The van der Waals surface area contributed by atoms with Crippen LogP contribution >= 0.6 is 0 Å². The Morgan fingerprint density at radius 1 is 1.60 bits per heavy atom. The van der Waals surface area contributed by atoms with Gasteiger partial charge in [0.15, 0.2) is 0 Å². The van der Waals surface area contributed by atoms with Gasteiger partial charge in [-0.1, -0.05) is 17.7 Å². The summed E-state index contributed by atoms with van der Waals surface area (Å²) in [7, 11) is 0. The van der Waals surface area contributed by atoms with Crippen molar-refractivity contribution in [2.45, 2.75) is 19.4 Å². The Hall–Kier alpha value is -1.68. The summed E-state index contributed by atoms with van der Waals surface area (Å²) in [6.07, 6.45) is 0.522. The fourth-order valence-electron chi connectivity index (χ4n) is 1.43. The molecule has 1 aromatic carbocycles. The van der Waals surface area contributed by atoms with Crippen LogP contribution in [-0.2, 0) is 4.79 Å². The molecule has 1 aromatic rings. The number of carboxylic acid groups (broad SMARTS) is 1. The average molecular weight is 207 g/mol. The molecule has 0 amide bonds. The molecule has 0 aromatic heterocycles. The standard InChI is InChI=1S/C11H13NO3/c1-7-2-3-9(8(4-7)6-13)10(12)5-11(14)15/h2-4,6,10H,5,12H2,1H3,(H,14,15). The number of carboxylic acids is 1. The van der Waals surface area contributed by atoms with Gasteiger partial charge in [0.25, 0.3) is 0 Å². The van der Waals surface area contributed by atoms with Crippen molar-refractivity contribution in [1.29, 1.82) is 0 Å². The molecule has 0 aliphatic rings. The molecule has 15 heavy (non-hydrogen) atoms. The van der Waals surface area contributed by atoms with Crippen LogP contribution < -0.4 is 5.73 Å². The summed E-state index contributed by atoms with van der Waals surface area (Å²) in [5.74, 6) is -0.972. The smallest absolute Gasteiger partial charge is 0.305 e. The average Bonchev–Trinajstić information content (AvgIpc) is 2.16. The first-order valence-corrected chi connectivity index (χ1v) is 4.57. The lowest BCUT2D eigenvalue weighted by Gasteiger charge is -2.12. The summed E-state index contributed by atoms with van der Waals surface area (Å²) >= 11 is 0. The molecule has 0 saturated carbocycles. The number of hydrogen-bond acceptors (Lipinski definition) is 3. The summed E-state index contributed by atoms with van der Waals surface area (Å²) in [6.45, 7) is 1.86. The lowest BCUT2D eigenvalue weighted by atomic mass is 9.97. The van der Waals surface area contributed by atoms with Gasteiger partial charge in [0.2, 0.25) is 0 Å². The van der Waals surface area contributed by atoms with E-state index in [-0.39, 0.29) is 6.42 Å². The van der Waals surface area contributed by atoms with E-state index >= 15 is 0 Å². The van der Waals surface area contributed by atoms with Gasteiger partial charge in [0.1, 0.15) is 6.29 Å². The minimum atomic E-state index is -0.972. The number of aryl methyl sites for hydroxylation is 1. The van der Waals surface area contributed by atoms with E-state index in [1.807, 2.05) is 13.0 Å². The molecular weight excluding hydrogens is 194 g/mol. The predicted molar refractivity (Wildman–Crippen MR) is 55.7 cm³/mol. The number of rotatable bonds is 4. The van der Waals surface area contributed by atoms with Crippen LogP contribution in [0.5, 0.6) is 0 Å². The number of aldehydes is 1. The van der Waals surface area contributed by atoms with Gasteiger partial charge < -0.3 is 10.8 Å². The second kappa shape index (κ2) is 4.70. The second-order valence-corrected chi connectivity index (χ2v) is 3.45. The van der Waals surface area contributed by atoms with Gasteiger partial charge in [-0.05, 0) is 18.6 Å². The van der Waals surface area contributed by atoms with E-state index in [1.54, 1.807) is 12.1 Å². The molecule has 1 atom stereocenters. The van der Waals surface area contributed by atoms with Crippen molar-refractivity contribution >= 4 is 12.3 Å². The van der Waals surface area contributed by atoms with Crippen LogP contribution in [-0.4, -0.2) is 17.4 Å². The van der Waals surface area contributed by atoms with Gasteiger partial charge in [-0.25, -0.2) is 0 Å². The lowest BCUT2D eigenvalue weighted by Crippen LogP contribution is -2.16. The summed E-state index contributed by atoms with van der Waals surface area (Å²) in [5, 5.41) is 8.60. The van der Waals surface area contributed by atoms with Crippen LogP contribution in [0, 0.1) is 6.92 Å². The third-order valence-electron chi connectivity index (χ3n) is 2.16. The molecule has 80 valence electrons. The second-order valence-electron chi connectivity index (χ2n) is 3.45. The van der Waals surface area contributed by atoms with Crippen molar-refractivity contribution in [2.75, 3.05) is 0 Å². The molecule has 0 fully saturated rings. The topological polar surface area (TPSA) is 80.4 Å². The minimum Gasteiger partial charge on any atom is -0.481 e. The molecular formula is C11H13NO3. The number of benzene rings is 1. The number of carbonyl (C=O) groups is 2. The van der Waals surface area contributed by atoms with E-state index in [4.69, 9.17) is 10.8 Å². The van der Waals surface area contributed by atoms with Gasteiger partial charge in [0.05, 0.1) is 6.42 Å². The Kier molecular flexibility index (Phi) is 3.57. The Morgan fingerprint density at radius 2 is 2.27 bits per heavy atom. The van der Waals surface area contributed by atoms with Gasteiger partial charge in [-0.15, -0.1) is 0 Å². The Labute approximate surface area is 87.7 Å². The first kappa shape index (κ1) is 11.4. The van der Waals surface area contributed by atoms with E-state index in [2.05, 4.69) is 0 Å². The van der Waals surface area contributed by atoms with Crippen LogP contribution in [0.15, 0.2) is 18.2 Å². The van der Waals surface area contributed by atoms with Crippen LogP contribution in [0.4, 0.5) is 0 Å². The molecule has 1 rings (SSSR count). The fraction of sp³-hybridized carbons (Fsp3) is 0.273. The van der Waals surface area contributed by atoms with Crippen LogP contribution in [0.3, 0.4) is 0 Å². The lowest BCUT2D eigenvalue weighted by molar-refractivity contribution is -0.137. The first-order valence-electron chi connectivity index (χ1n) is 4.57. The highest BCUT2D eigenvalue weighted by Gasteiger charge is 2.14. The maximum atomic E-state index is 10.8. The van der Waals surface area contributed by atoms with Crippen LogP contribution in [0.2, 0.25) is 0 Å². The molecule has 0 saturated heterocycles. The SMILES string of the molecule is Cc1ccc(C(N)CC(=O)O)c(C=O)c1. The molecule has 4 nitrogen and oxygen atoms in total. The monoisotopic (exact) mass is 207 g/mol. The highest BCUT2D eigenvalue weighted by Crippen LogP contribution is 2.19. The highest BCUT2D eigenvalue weighted by molar-refractivity contribution is 5.78. The molecule has 0 bridgehead atoms.